The lowest BCUT2D eigenvalue weighted by Crippen LogP contribution is -2.23. The number of nitrogens with one attached hydrogen (secondary N) is 1. The van der Waals surface area contributed by atoms with Crippen LogP contribution in [0.25, 0.3) is 0 Å². The quantitative estimate of drug-likeness (QED) is 0.877. The van der Waals surface area contributed by atoms with Crippen LogP contribution in [0.15, 0.2) is 48.5 Å². The number of carbonyl (C=O) groups is 1. The molecule has 0 unspecified atom stereocenters. The van der Waals surface area contributed by atoms with Gasteiger partial charge in [-0.2, -0.15) is 0 Å². The highest BCUT2D eigenvalue weighted by molar-refractivity contribution is 6.31. The van der Waals surface area contributed by atoms with Gasteiger partial charge in [-0.1, -0.05) is 35.6 Å². The van der Waals surface area contributed by atoms with E-state index in [1.807, 2.05) is 25.1 Å². The van der Waals surface area contributed by atoms with Gasteiger partial charge in [0.15, 0.2) is 0 Å². The molecule has 1 N–H and O–H groups in total. The second-order valence-electron chi connectivity index (χ2n) is 4.42. The summed E-state index contributed by atoms with van der Waals surface area (Å²) in [6.45, 7) is 2.78. The first-order valence-electron chi connectivity index (χ1n) is 6.95. The molecule has 3 nitrogen and oxygen atoms in total. The fourth-order valence-electron chi connectivity index (χ4n) is 1.80. The van der Waals surface area contributed by atoms with E-state index in [4.69, 9.17) is 16.3 Å². The summed E-state index contributed by atoms with van der Waals surface area (Å²) in [4.78, 5) is 11.9. The summed E-state index contributed by atoms with van der Waals surface area (Å²) in [6.07, 6.45) is 0. The summed E-state index contributed by atoms with van der Waals surface area (Å²) >= 11 is 6.00. The van der Waals surface area contributed by atoms with Crippen LogP contribution in [0.4, 0.5) is 0 Å². The molecular weight excluding hydrogens is 298 g/mol. The van der Waals surface area contributed by atoms with E-state index in [1.165, 1.54) is 0 Å². The van der Waals surface area contributed by atoms with Crippen molar-refractivity contribution in [2.24, 2.45) is 0 Å². The molecule has 2 aromatic carbocycles. The predicted octanol–water partition coefficient (Wildman–Crippen LogP) is 3.52. The molecule has 0 heterocycles. The Kier molecular flexibility index (Phi) is 5.88. The van der Waals surface area contributed by atoms with Crippen molar-refractivity contribution >= 4 is 17.5 Å². The van der Waals surface area contributed by atoms with Crippen LogP contribution in [0.2, 0.25) is 5.02 Å². The summed E-state index contributed by atoms with van der Waals surface area (Å²) in [5.74, 6) is 6.39. The number of carbonyl (C=O) groups excluding carboxylic acids is 1. The van der Waals surface area contributed by atoms with Crippen molar-refractivity contribution in [2.75, 3.05) is 13.2 Å². The number of hydrogen-bond donors (Lipinski definition) is 1. The first-order chi connectivity index (χ1) is 10.7. The Hall–Kier alpha value is -2.44. The van der Waals surface area contributed by atoms with E-state index in [0.29, 0.717) is 17.2 Å². The summed E-state index contributed by atoms with van der Waals surface area (Å²) in [5, 5.41) is 3.35. The predicted molar refractivity (Wildman–Crippen MR) is 88.3 cm³/mol. The van der Waals surface area contributed by atoms with Gasteiger partial charge >= 0.3 is 0 Å². The molecule has 0 atom stereocenters. The zero-order valence-electron chi connectivity index (χ0n) is 12.2. The number of ether oxygens (including phenoxy) is 1. The van der Waals surface area contributed by atoms with Gasteiger partial charge in [0.05, 0.1) is 18.2 Å². The highest BCUT2D eigenvalue weighted by atomic mass is 35.5. The van der Waals surface area contributed by atoms with E-state index < -0.39 is 0 Å². The molecule has 112 valence electrons. The molecule has 0 saturated heterocycles. The molecule has 22 heavy (non-hydrogen) atoms. The van der Waals surface area contributed by atoms with E-state index in [-0.39, 0.29) is 12.5 Å². The Bertz CT molecular complexity index is 699. The molecule has 0 bridgehead atoms. The summed E-state index contributed by atoms with van der Waals surface area (Å²) < 4.78 is 5.33. The second-order valence-corrected chi connectivity index (χ2v) is 4.83. The van der Waals surface area contributed by atoms with Crippen molar-refractivity contribution in [3.8, 4) is 17.6 Å². The van der Waals surface area contributed by atoms with Gasteiger partial charge in [0.1, 0.15) is 5.75 Å². The molecule has 4 heteroatoms. The van der Waals surface area contributed by atoms with Crippen LogP contribution in [0, 0.1) is 11.8 Å². The van der Waals surface area contributed by atoms with Gasteiger partial charge in [0.25, 0.3) is 5.91 Å². The lowest BCUT2D eigenvalue weighted by Gasteiger charge is -2.04. The van der Waals surface area contributed by atoms with Crippen molar-refractivity contribution in [3.05, 3.63) is 64.7 Å². The van der Waals surface area contributed by atoms with Crippen molar-refractivity contribution in [3.63, 3.8) is 0 Å². The lowest BCUT2D eigenvalue weighted by molar-refractivity contribution is 0.0958. The van der Waals surface area contributed by atoms with Crippen LogP contribution in [0.3, 0.4) is 0 Å². The third-order valence-electron chi connectivity index (χ3n) is 2.86. The fourth-order valence-corrected chi connectivity index (χ4v) is 1.98. The standard InChI is InChI=1S/C18H16ClNO2/c1-2-22-16-11-9-15(10-12-16)18(21)20-13-5-7-14-6-3-4-8-17(14)19/h3-4,6,8-12H,2,13H2,1H3,(H,20,21). The Morgan fingerprint density at radius 2 is 1.91 bits per heavy atom. The molecule has 2 aromatic rings. The van der Waals surface area contributed by atoms with Crippen molar-refractivity contribution in [1.29, 1.82) is 0 Å². The van der Waals surface area contributed by atoms with Gasteiger partial charge in [0, 0.05) is 11.1 Å². The summed E-state index contributed by atoms with van der Waals surface area (Å²) in [6, 6.07) is 14.3. The van der Waals surface area contributed by atoms with E-state index in [0.717, 1.165) is 11.3 Å². The monoisotopic (exact) mass is 313 g/mol. The molecule has 0 fully saturated rings. The van der Waals surface area contributed by atoms with Crippen LogP contribution in [-0.4, -0.2) is 19.1 Å². The molecular formula is C18H16ClNO2. The maximum absolute atomic E-state index is 11.9. The maximum Gasteiger partial charge on any atom is 0.252 e. The molecule has 0 spiro atoms. The zero-order chi connectivity index (χ0) is 15.8. The van der Waals surface area contributed by atoms with Gasteiger partial charge in [-0.05, 0) is 43.3 Å². The highest BCUT2D eigenvalue weighted by Crippen LogP contribution is 2.13. The normalized spacial score (nSPS) is 9.55. The van der Waals surface area contributed by atoms with E-state index in [9.17, 15) is 4.79 Å². The van der Waals surface area contributed by atoms with Crippen LogP contribution >= 0.6 is 11.6 Å². The Labute approximate surface area is 135 Å². The minimum Gasteiger partial charge on any atom is -0.494 e. The average molecular weight is 314 g/mol. The van der Waals surface area contributed by atoms with Gasteiger partial charge < -0.3 is 10.1 Å². The topological polar surface area (TPSA) is 38.3 Å². The Balaban J connectivity index is 1.89. The van der Waals surface area contributed by atoms with Crippen LogP contribution in [0.1, 0.15) is 22.8 Å². The van der Waals surface area contributed by atoms with Crippen molar-refractivity contribution in [1.82, 2.24) is 5.32 Å². The first kappa shape index (κ1) is 15.9. The number of halogens is 1. The van der Waals surface area contributed by atoms with Crippen LogP contribution in [-0.2, 0) is 0 Å². The summed E-state index contributed by atoms with van der Waals surface area (Å²) in [5.41, 5.74) is 1.32. The molecule has 2 rings (SSSR count). The minimum absolute atomic E-state index is 0.170. The van der Waals surface area contributed by atoms with Crippen LogP contribution < -0.4 is 10.1 Å². The molecule has 0 aliphatic heterocycles. The largest absolute Gasteiger partial charge is 0.494 e. The van der Waals surface area contributed by atoms with E-state index >= 15 is 0 Å². The molecule has 0 aliphatic rings. The lowest BCUT2D eigenvalue weighted by atomic mass is 10.2. The van der Waals surface area contributed by atoms with Crippen molar-refractivity contribution in [2.45, 2.75) is 6.92 Å². The molecule has 0 aromatic heterocycles. The van der Waals surface area contributed by atoms with Gasteiger partial charge in [-0.15, -0.1) is 0 Å². The SMILES string of the molecule is CCOc1ccc(C(=O)NCC#Cc2ccccc2Cl)cc1. The molecule has 0 saturated carbocycles. The number of hydrogen-bond acceptors (Lipinski definition) is 2. The van der Waals surface area contributed by atoms with Gasteiger partial charge in [-0.3, -0.25) is 4.79 Å². The Morgan fingerprint density at radius 1 is 1.18 bits per heavy atom. The zero-order valence-corrected chi connectivity index (χ0v) is 13.0. The number of rotatable bonds is 4. The molecule has 0 radical (unpaired) electrons. The summed E-state index contributed by atoms with van der Waals surface area (Å²) in [7, 11) is 0. The number of benzene rings is 2. The average Bonchev–Trinajstić information content (AvgIpc) is 2.54. The van der Waals surface area contributed by atoms with Crippen LogP contribution in [0.5, 0.6) is 5.75 Å². The third-order valence-corrected chi connectivity index (χ3v) is 3.19. The fraction of sp³-hybridized carbons (Fsp3) is 0.167. The molecule has 0 aliphatic carbocycles. The first-order valence-corrected chi connectivity index (χ1v) is 7.33. The minimum atomic E-state index is -0.170. The smallest absolute Gasteiger partial charge is 0.252 e. The second kappa shape index (κ2) is 8.11. The maximum atomic E-state index is 11.9. The van der Waals surface area contributed by atoms with Crippen molar-refractivity contribution < 1.29 is 9.53 Å². The Morgan fingerprint density at radius 3 is 2.59 bits per heavy atom. The van der Waals surface area contributed by atoms with E-state index in [1.54, 1.807) is 30.3 Å². The van der Waals surface area contributed by atoms with Gasteiger partial charge in [0.2, 0.25) is 0 Å². The third kappa shape index (κ3) is 4.54. The van der Waals surface area contributed by atoms with E-state index in [2.05, 4.69) is 17.2 Å². The molecule has 1 amide bonds. The number of amides is 1. The van der Waals surface area contributed by atoms with Gasteiger partial charge in [-0.25, -0.2) is 0 Å². The highest BCUT2D eigenvalue weighted by Gasteiger charge is 2.03.